The summed E-state index contributed by atoms with van der Waals surface area (Å²) in [4.78, 5) is 21.7. The Morgan fingerprint density at radius 2 is 1.82 bits per heavy atom. The van der Waals surface area contributed by atoms with E-state index >= 15 is 0 Å². The van der Waals surface area contributed by atoms with Crippen molar-refractivity contribution in [2.24, 2.45) is 5.73 Å². The maximum Gasteiger partial charge on any atom is 0.318 e. The van der Waals surface area contributed by atoms with Crippen LogP contribution in [0.1, 0.15) is 20.8 Å². The zero-order valence-electron chi connectivity index (χ0n) is 10.4. The lowest BCUT2D eigenvalue weighted by Crippen LogP contribution is -2.51. The molecule has 0 aliphatic carbocycles. The van der Waals surface area contributed by atoms with Crippen LogP contribution in [0.25, 0.3) is 0 Å². The first-order valence-corrected chi connectivity index (χ1v) is 6.90. The summed E-state index contributed by atoms with van der Waals surface area (Å²) >= 11 is 0. The highest BCUT2D eigenvalue weighted by Gasteiger charge is 2.30. The molecule has 17 heavy (non-hydrogen) atoms. The number of hydrogen-bond acceptors (Lipinski definition) is 5. The summed E-state index contributed by atoms with van der Waals surface area (Å²) in [7, 11) is -3.23. The Morgan fingerprint density at radius 3 is 2.18 bits per heavy atom. The van der Waals surface area contributed by atoms with Gasteiger partial charge in [0.15, 0.2) is 9.84 Å². The van der Waals surface area contributed by atoms with Crippen molar-refractivity contribution in [2.75, 3.05) is 12.8 Å². The van der Waals surface area contributed by atoms with Gasteiger partial charge in [-0.15, -0.1) is 0 Å². The van der Waals surface area contributed by atoms with Crippen molar-refractivity contribution in [3.63, 3.8) is 0 Å². The highest BCUT2D eigenvalue weighted by molar-refractivity contribution is 7.92. The van der Waals surface area contributed by atoms with Crippen LogP contribution in [0.3, 0.4) is 0 Å². The first-order chi connectivity index (χ1) is 7.47. The van der Waals surface area contributed by atoms with Crippen molar-refractivity contribution in [1.82, 2.24) is 10.6 Å². The molecule has 1 unspecified atom stereocenters. The van der Waals surface area contributed by atoms with E-state index in [1.165, 1.54) is 6.92 Å². The molecule has 0 radical (unpaired) electrons. The average Bonchev–Trinajstić information content (AvgIpc) is 2.11. The predicted molar refractivity (Wildman–Crippen MR) is 64.1 cm³/mol. The molecule has 7 nitrogen and oxygen atoms in total. The molecule has 3 amide bonds. The van der Waals surface area contributed by atoms with Gasteiger partial charge in [-0.1, -0.05) is 0 Å². The molecule has 1 atom stereocenters. The third-order valence-corrected chi connectivity index (χ3v) is 4.63. The fourth-order valence-corrected chi connectivity index (χ4v) is 1.20. The molecule has 0 rings (SSSR count). The van der Waals surface area contributed by atoms with Crippen molar-refractivity contribution in [3.8, 4) is 0 Å². The Balaban J connectivity index is 4.40. The molecule has 0 saturated heterocycles. The molecule has 0 aromatic rings. The van der Waals surface area contributed by atoms with Crippen LogP contribution in [0.15, 0.2) is 0 Å². The highest BCUT2D eigenvalue weighted by atomic mass is 32.2. The maximum absolute atomic E-state index is 11.4. The molecule has 0 fully saturated rings. The Morgan fingerprint density at radius 1 is 1.35 bits per heavy atom. The number of imide groups is 1. The number of nitrogens with two attached hydrogens (primary N) is 1. The van der Waals surface area contributed by atoms with Crippen molar-refractivity contribution in [2.45, 2.75) is 31.6 Å². The second-order valence-corrected chi connectivity index (χ2v) is 7.14. The van der Waals surface area contributed by atoms with Gasteiger partial charge in [0.1, 0.15) is 0 Å². The molecule has 0 aliphatic heterocycles. The zero-order valence-corrected chi connectivity index (χ0v) is 11.2. The third-order valence-electron chi connectivity index (χ3n) is 2.48. The van der Waals surface area contributed by atoms with Gasteiger partial charge in [-0.2, -0.15) is 0 Å². The molecule has 0 aromatic heterocycles. The van der Waals surface area contributed by atoms with Crippen molar-refractivity contribution < 1.29 is 18.0 Å². The van der Waals surface area contributed by atoms with Gasteiger partial charge in [0, 0.05) is 12.8 Å². The largest absolute Gasteiger partial charge is 0.351 e. The van der Waals surface area contributed by atoms with Crippen LogP contribution in [0.2, 0.25) is 0 Å². The number of nitrogens with one attached hydrogen (secondary N) is 2. The summed E-state index contributed by atoms with van der Waals surface area (Å²) in [6.45, 7) is 4.71. The van der Waals surface area contributed by atoms with Crippen LogP contribution < -0.4 is 16.4 Å². The lowest BCUT2D eigenvalue weighted by Gasteiger charge is -2.24. The molecule has 100 valence electrons. The van der Waals surface area contributed by atoms with E-state index in [4.69, 9.17) is 5.73 Å². The number of sulfone groups is 1. The van der Waals surface area contributed by atoms with Crippen molar-refractivity contribution in [3.05, 3.63) is 0 Å². The lowest BCUT2D eigenvalue weighted by molar-refractivity contribution is -0.121. The first-order valence-electron chi connectivity index (χ1n) is 5.00. The van der Waals surface area contributed by atoms with Crippen LogP contribution >= 0.6 is 0 Å². The fourth-order valence-electron chi connectivity index (χ4n) is 0.852. The van der Waals surface area contributed by atoms with E-state index in [0.717, 1.165) is 6.26 Å². The van der Waals surface area contributed by atoms with Gasteiger partial charge in [0.05, 0.1) is 10.8 Å². The monoisotopic (exact) mass is 265 g/mol. The molecule has 0 aromatic carbocycles. The van der Waals surface area contributed by atoms with Gasteiger partial charge >= 0.3 is 6.03 Å². The minimum atomic E-state index is -3.23. The summed E-state index contributed by atoms with van der Waals surface area (Å²) in [5, 5.41) is 4.64. The summed E-state index contributed by atoms with van der Waals surface area (Å²) in [6.07, 6.45) is 1.13. The van der Waals surface area contributed by atoms with E-state index in [-0.39, 0.29) is 6.54 Å². The van der Waals surface area contributed by atoms with E-state index in [9.17, 15) is 18.0 Å². The van der Waals surface area contributed by atoms with Crippen LogP contribution in [0.4, 0.5) is 4.79 Å². The van der Waals surface area contributed by atoms with Crippen LogP contribution in [-0.2, 0) is 14.6 Å². The molecule has 0 bridgehead atoms. The van der Waals surface area contributed by atoms with E-state index in [1.54, 1.807) is 13.8 Å². The van der Waals surface area contributed by atoms with E-state index in [2.05, 4.69) is 5.32 Å². The summed E-state index contributed by atoms with van der Waals surface area (Å²) in [5.41, 5.74) is 4.79. The number of rotatable bonds is 5. The number of hydrogen-bond donors (Lipinski definition) is 3. The number of urea groups is 1. The van der Waals surface area contributed by atoms with Gasteiger partial charge in [0.25, 0.3) is 0 Å². The van der Waals surface area contributed by atoms with E-state index in [0.29, 0.717) is 0 Å². The zero-order chi connectivity index (χ0) is 13.9. The molecule has 4 N–H and O–H groups in total. The number of amides is 3. The Kier molecular flexibility index (Phi) is 5.09. The summed E-state index contributed by atoms with van der Waals surface area (Å²) in [6, 6.07) is -1.64. The van der Waals surface area contributed by atoms with Crippen molar-refractivity contribution >= 4 is 21.8 Å². The number of carbonyl (C=O) groups excluding carboxylic acids is 2. The van der Waals surface area contributed by atoms with Crippen LogP contribution in [-0.4, -0.2) is 43.9 Å². The smallest absolute Gasteiger partial charge is 0.318 e. The van der Waals surface area contributed by atoms with E-state index in [1.807, 2.05) is 5.32 Å². The van der Waals surface area contributed by atoms with Crippen LogP contribution in [0, 0.1) is 0 Å². The first kappa shape index (κ1) is 15.9. The molecule has 0 heterocycles. The predicted octanol–water partition coefficient (Wildman–Crippen LogP) is -1.02. The molecular weight excluding hydrogens is 246 g/mol. The van der Waals surface area contributed by atoms with Gasteiger partial charge in [-0.05, 0) is 20.8 Å². The minimum absolute atomic E-state index is 0.0964. The van der Waals surface area contributed by atoms with Gasteiger partial charge < -0.3 is 11.1 Å². The van der Waals surface area contributed by atoms with Gasteiger partial charge in [-0.25, -0.2) is 13.2 Å². The third kappa shape index (κ3) is 5.14. The molecule has 0 saturated carbocycles. The second-order valence-electron chi connectivity index (χ2n) is 4.49. The SMILES string of the molecule is CC(NCC(C)(C)S(C)(=O)=O)C(=O)NC(N)=O. The summed E-state index contributed by atoms with van der Waals surface area (Å²) < 4.78 is 21.8. The topological polar surface area (TPSA) is 118 Å². The molecule has 0 spiro atoms. The quantitative estimate of drug-likeness (QED) is 0.588. The van der Waals surface area contributed by atoms with Crippen LogP contribution in [0.5, 0.6) is 0 Å². The second kappa shape index (κ2) is 5.46. The van der Waals surface area contributed by atoms with Gasteiger partial charge in [-0.3, -0.25) is 10.1 Å². The number of primary amides is 1. The Hall–Kier alpha value is -1.15. The molecule has 0 aliphatic rings. The lowest BCUT2D eigenvalue weighted by atomic mass is 10.2. The normalized spacial score (nSPS) is 14.1. The van der Waals surface area contributed by atoms with Gasteiger partial charge in [0.2, 0.25) is 5.91 Å². The fraction of sp³-hybridized carbons (Fsp3) is 0.778. The number of carbonyl (C=O) groups is 2. The standard InChI is InChI=1S/C9H19N3O4S/c1-6(7(13)12-8(10)14)11-5-9(2,3)17(4,15)16/h6,11H,5H2,1-4H3,(H3,10,12,13,14). The average molecular weight is 265 g/mol. The summed E-state index contributed by atoms with van der Waals surface area (Å²) in [5.74, 6) is -0.596. The Labute approximate surface area is 101 Å². The maximum atomic E-state index is 11.4. The molecular formula is C9H19N3O4S. The Bertz CT molecular complexity index is 402. The molecule has 8 heteroatoms. The van der Waals surface area contributed by atoms with Crippen molar-refractivity contribution in [1.29, 1.82) is 0 Å². The highest BCUT2D eigenvalue weighted by Crippen LogP contribution is 2.13. The minimum Gasteiger partial charge on any atom is -0.351 e. The van der Waals surface area contributed by atoms with E-state index < -0.39 is 32.6 Å².